The van der Waals surface area contributed by atoms with Crippen LogP contribution in [-0.2, 0) is 16.1 Å². The van der Waals surface area contributed by atoms with Crippen molar-refractivity contribution in [3.05, 3.63) is 89.9 Å². The molecule has 0 unspecified atom stereocenters. The summed E-state index contributed by atoms with van der Waals surface area (Å²) in [4.78, 5) is 26.6. The second kappa shape index (κ2) is 10.5. The van der Waals surface area contributed by atoms with E-state index in [2.05, 4.69) is 10.6 Å². The van der Waals surface area contributed by atoms with E-state index in [4.69, 9.17) is 4.42 Å². The van der Waals surface area contributed by atoms with Gasteiger partial charge in [-0.1, -0.05) is 24.3 Å². The highest BCUT2D eigenvalue weighted by atomic mass is 19.2. The SMILES string of the molecule is C[C@H](NCC(=O)N(CC(=O)Nc1ccccc1)Cc1ccco1)c1ccc(F)c(F)c1. The number of hydrogen-bond acceptors (Lipinski definition) is 4. The molecule has 8 heteroatoms. The zero-order valence-electron chi connectivity index (χ0n) is 17.0. The predicted octanol–water partition coefficient (Wildman–Crippen LogP) is 3.88. The first-order chi connectivity index (χ1) is 14.9. The molecule has 0 aliphatic carbocycles. The molecule has 0 fully saturated rings. The molecule has 0 aliphatic heterocycles. The van der Waals surface area contributed by atoms with Crippen molar-refractivity contribution < 1.29 is 22.8 Å². The monoisotopic (exact) mass is 427 g/mol. The molecule has 2 amide bonds. The second-order valence-corrected chi connectivity index (χ2v) is 7.02. The Morgan fingerprint density at radius 2 is 1.81 bits per heavy atom. The third kappa shape index (κ3) is 6.48. The van der Waals surface area contributed by atoms with E-state index in [1.165, 1.54) is 17.2 Å². The number of carbonyl (C=O) groups is 2. The van der Waals surface area contributed by atoms with E-state index < -0.39 is 17.7 Å². The molecule has 0 saturated carbocycles. The van der Waals surface area contributed by atoms with Crippen molar-refractivity contribution in [2.45, 2.75) is 19.5 Å². The van der Waals surface area contributed by atoms with Gasteiger partial charge in [0, 0.05) is 11.7 Å². The first-order valence-electron chi connectivity index (χ1n) is 9.76. The Bertz CT molecular complexity index is 1010. The summed E-state index contributed by atoms with van der Waals surface area (Å²) < 4.78 is 31.9. The molecule has 1 heterocycles. The van der Waals surface area contributed by atoms with Crippen LogP contribution in [0.5, 0.6) is 0 Å². The molecule has 3 aromatic rings. The van der Waals surface area contributed by atoms with E-state index in [0.29, 0.717) is 17.0 Å². The number of amides is 2. The fourth-order valence-corrected chi connectivity index (χ4v) is 2.97. The fourth-order valence-electron chi connectivity index (χ4n) is 2.97. The van der Waals surface area contributed by atoms with Crippen LogP contribution in [0.2, 0.25) is 0 Å². The zero-order valence-corrected chi connectivity index (χ0v) is 17.0. The Kier molecular flexibility index (Phi) is 7.50. The number of carbonyl (C=O) groups excluding carboxylic acids is 2. The first-order valence-corrected chi connectivity index (χ1v) is 9.76. The number of rotatable bonds is 9. The molecule has 0 spiro atoms. The fraction of sp³-hybridized carbons (Fsp3) is 0.217. The van der Waals surface area contributed by atoms with Crippen LogP contribution in [0.1, 0.15) is 24.3 Å². The third-order valence-electron chi connectivity index (χ3n) is 4.67. The van der Waals surface area contributed by atoms with Crippen LogP contribution >= 0.6 is 0 Å². The smallest absolute Gasteiger partial charge is 0.244 e. The van der Waals surface area contributed by atoms with Gasteiger partial charge < -0.3 is 20.0 Å². The van der Waals surface area contributed by atoms with E-state index in [0.717, 1.165) is 12.1 Å². The minimum Gasteiger partial charge on any atom is -0.467 e. The van der Waals surface area contributed by atoms with Crippen LogP contribution in [0.15, 0.2) is 71.3 Å². The van der Waals surface area contributed by atoms with Crippen molar-refractivity contribution >= 4 is 17.5 Å². The summed E-state index contributed by atoms with van der Waals surface area (Å²) >= 11 is 0. The minimum atomic E-state index is -0.950. The highest BCUT2D eigenvalue weighted by molar-refractivity contribution is 5.94. The summed E-state index contributed by atoms with van der Waals surface area (Å²) in [6.45, 7) is 1.59. The van der Waals surface area contributed by atoms with Gasteiger partial charge in [-0.2, -0.15) is 0 Å². The Balaban J connectivity index is 1.62. The second-order valence-electron chi connectivity index (χ2n) is 7.02. The number of para-hydroxylation sites is 1. The van der Waals surface area contributed by atoms with Crippen LogP contribution < -0.4 is 10.6 Å². The van der Waals surface area contributed by atoms with Crippen molar-refractivity contribution in [1.82, 2.24) is 10.2 Å². The number of benzene rings is 2. The first kappa shape index (κ1) is 22.2. The van der Waals surface area contributed by atoms with Crippen molar-refractivity contribution in [1.29, 1.82) is 0 Å². The Labute approximate surface area is 178 Å². The number of anilines is 1. The normalized spacial score (nSPS) is 11.7. The van der Waals surface area contributed by atoms with Crippen molar-refractivity contribution in [3.8, 4) is 0 Å². The summed E-state index contributed by atoms with van der Waals surface area (Å²) in [6, 6.07) is 15.5. The topological polar surface area (TPSA) is 74.6 Å². The van der Waals surface area contributed by atoms with Gasteiger partial charge in [-0.15, -0.1) is 0 Å². The lowest BCUT2D eigenvalue weighted by atomic mass is 10.1. The Morgan fingerprint density at radius 3 is 2.48 bits per heavy atom. The summed E-state index contributed by atoms with van der Waals surface area (Å²) in [6.07, 6.45) is 1.49. The van der Waals surface area contributed by atoms with Gasteiger partial charge in [0.05, 0.1) is 19.4 Å². The lowest BCUT2D eigenvalue weighted by Gasteiger charge is -2.23. The number of nitrogens with one attached hydrogen (secondary N) is 2. The predicted molar refractivity (Wildman–Crippen MR) is 112 cm³/mol. The van der Waals surface area contributed by atoms with E-state index >= 15 is 0 Å². The summed E-state index contributed by atoms with van der Waals surface area (Å²) in [5.74, 6) is -2.03. The average molecular weight is 427 g/mol. The molecular weight excluding hydrogens is 404 g/mol. The largest absolute Gasteiger partial charge is 0.467 e. The molecule has 6 nitrogen and oxygen atoms in total. The van der Waals surface area contributed by atoms with Gasteiger partial charge in [-0.3, -0.25) is 9.59 Å². The van der Waals surface area contributed by atoms with E-state index in [-0.39, 0.29) is 31.4 Å². The average Bonchev–Trinajstić information content (AvgIpc) is 3.27. The molecule has 1 atom stereocenters. The molecule has 3 rings (SSSR count). The van der Waals surface area contributed by atoms with E-state index in [1.807, 2.05) is 6.07 Å². The Hall–Kier alpha value is -3.52. The molecule has 0 radical (unpaired) electrons. The van der Waals surface area contributed by atoms with Gasteiger partial charge >= 0.3 is 0 Å². The van der Waals surface area contributed by atoms with E-state index in [1.54, 1.807) is 43.3 Å². The minimum absolute atomic E-state index is 0.0977. The van der Waals surface area contributed by atoms with Crippen LogP contribution in [0.25, 0.3) is 0 Å². The van der Waals surface area contributed by atoms with Crippen molar-refractivity contribution in [2.24, 2.45) is 0 Å². The summed E-state index contributed by atoms with van der Waals surface area (Å²) in [5.41, 5.74) is 1.13. The molecule has 0 aliphatic rings. The van der Waals surface area contributed by atoms with Crippen LogP contribution in [-0.4, -0.2) is 29.8 Å². The maximum atomic E-state index is 13.5. The van der Waals surface area contributed by atoms with Crippen molar-refractivity contribution in [2.75, 3.05) is 18.4 Å². The molecule has 31 heavy (non-hydrogen) atoms. The number of nitrogens with zero attached hydrogens (tertiary/aromatic N) is 1. The van der Waals surface area contributed by atoms with Crippen LogP contribution in [0.3, 0.4) is 0 Å². The van der Waals surface area contributed by atoms with Gasteiger partial charge in [-0.05, 0) is 48.9 Å². The molecule has 0 saturated heterocycles. The van der Waals surface area contributed by atoms with Gasteiger partial charge in [-0.25, -0.2) is 8.78 Å². The maximum absolute atomic E-state index is 13.5. The highest BCUT2D eigenvalue weighted by Crippen LogP contribution is 2.16. The van der Waals surface area contributed by atoms with Gasteiger partial charge in [0.15, 0.2) is 11.6 Å². The lowest BCUT2D eigenvalue weighted by Crippen LogP contribution is -2.42. The molecule has 2 N–H and O–H groups in total. The zero-order chi connectivity index (χ0) is 22.2. The van der Waals surface area contributed by atoms with Gasteiger partial charge in [0.1, 0.15) is 12.3 Å². The van der Waals surface area contributed by atoms with Crippen LogP contribution in [0, 0.1) is 11.6 Å². The summed E-state index contributed by atoms with van der Waals surface area (Å²) in [7, 11) is 0. The molecule has 1 aromatic heterocycles. The summed E-state index contributed by atoms with van der Waals surface area (Å²) in [5, 5.41) is 5.73. The number of halogens is 2. The standard InChI is InChI=1S/C23H23F2N3O3/c1-16(17-9-10-20(24)21(25)12-17)26-13-23(30)28(14-19-8-5-11-31-19)15-22(29)27-18-6-3-2-4-7-18/h2-12,16,26H,13-15H2,1H3,(H,27,29)/t16-/m0/s1. The van der Waals surface area contributed by atoms with E-state index in [9.17, 15) is 18.4 Å². The molecule has 162 valence electrons. The Morgan fingerprint density at radius 1 is 1.03 bits per heavy atom. The number of furan rings is 1. The quantitative estimate of drug-likeness (QED) is 0.544. The van der Waals surface area contributed by atoms with Gasteiger partial charge in [0.25, 0.3) is 0 Å². The number of hydrogen-bond donors (Lipinski definition) is 2. The van der Waals surface area contributed by atoms with Crippen LogP contribution in [0.4, 0.5) is 14.5 Å². The highest BCUT2D eigenvalue weighted by Gasteiger charge is 2.20. The molecule has 0 bridgehead atoms. The third-order valence-corrected chi connectivity index (χ3v) is 4.67. The van der Waals surface area contributed by atoms with Crippen molar-refractivity contribution in [3.63, 3.8) is 0 Å². The maximum Gasteiger partial charge on any atom is 0.244 e. The lowest BCUT2D eigenvalue weighted by molar-refractivity contribution is -0.134. The molecule has 2 aromatic carbocycles. The molecular formula is C23H23F2N3O3. The van der Waals surface area contributed by atoms with Gasteiger partial charge in [0.2, 0.25) is 11.8 Å².